The number of unbranched alkanes of at least 4 members (excludes halogenated alkanes) is 1. The fraction of sp³-hybridized carbons (Fsp3) is 0.200. The highest BCUT2D eigenvalue weighted by Gasteiger charge is 2.09. The molecule has 4 nitrogen and oxygen atoms in total. The number of hydrogen-bond donors (Lipinski definition) is 0. The van der Waals surface area contributed by atoms with Crippen LogP contribution >= 0.6 is 0 Å². The van der Waals surface area contributed by atoms with Crippen LogP contribution in [0.1, 0.15) is 40.5 Å². The van der Waals surface area contributed by atoms with Crippen molar-refractivity contribution in [3.05, 3.63) is 72.3 Å². The van der Waals surface area contributed by atoms with Crippen LogP contribution < -0.4 is 9.47 Å². The topological polar surface area (TPSA) is 52.6 Å². The number of carbonyl (C=O) groups excluding carboxylic acids is 2. The molecule has 2 aromatic rings. The van der Waals surface area contributed by atoms with Crippen molar-refractivity contribution in [3.8, 4) is 11.5 Å². The average molecular weight is 324 g/mol. The largest absolute Gasteiger partial charge is 0.494 e. The minimum absolute atomic E-state index is 0.0310. The number of allylic oxidation sites excluding steroid dienone is 1. The van der Waals surface area contributed by atoms with Crippen LogP contribution in [0.25, 0.3) is 0 Å². The first-order valence-electron chi connectivity index (χ1n) is 7.77. The minimum atomic E-state index is -0.455. The van der Waals surface area contributed by atoms with Gasteiger partial charge in [0, 0.05) is 5.56 Å². The molecule has 0 N–H and O–H groups in total. The zero-order valence-electron chi connectivity index (χ0n) is 13.7. The highest BCUT2D eigenvalue weighted by atomic mass is 16.5. The number of ether oxygens (including phenoxy) is 2. The second-order valence-corrected chi connectivity index (χ2v) is 5.27. The third kappa shape index (κ3) is 5.09. The molecule has 124 valence electrons. The zero-order valence-corrected chi connectivity index (χ0v) is 13.7. The number of ketones is 1. The standard InChI is InChI=1S/C20H20O4/c1-3-4-5-14-23-18-10-8-17(9-11-18)20(22)24-19-12-6-16(7-13-19)15(2)21/h3,6-13H,1,4-5,14H2,2H3. The normalized spacial score (nSPS) is 10.0. The van der Waals surface area contributed by atoms with Gasteiger partial charge in [-0.3, -0.25) is 4.79 Å². The lowest BCUT2D eigenvalue weighted by molar-refractivity contribution is 0.0734. The molecule has 0 fully saturated rings. The summed E-state index contributed by atoms with van der Waals surface area (Å²) in [6, 6.07) is 13.3. The summed E-state index contributed by atoms with van der Waals surface area (Å²) < 4.78 is 10.9. The van der Waals surface area contributed by atoms with Gasteiger partial charge in [0.25, 0.3) is 0 Å². The second-order valence-electron chi connectivity index (χ2n) is 5.27. The first-order chi connectivity index (χ1) is 11.6. The summed E-state index contributed by atoms with van der Waals surface area (Å²) in [4.78, 5) is 23.3. The quantitative estimate of drug-likeness (QED) is 0.237. The van der Waals surface area contributed by atoms with Crippen molar-refractivity contribution in [1.82, 2.24) is 0 Å². The molecule has 0 heterocycles. The van der Waals surface area contributed by atoms with Crippen molar-refractivity contribution in [3.63, 3.8) is 0 Å². The van der Waals surface area contributed by atoms with Crippen molar-refractivity contribution >= 4 is 11.8 Å². The van der Waals surface area contributed by atoms with Crippen LogP contribution in [0, 0.1) is 0 Å². The van der Waals surface area contributed by atoms with E-state index < -0.39 is 5.97 Å². The Morgan fingerprint density at radius 2 is 1.54 bits per heavy atom. The Balaban J connectivity index is 1.92. The van der Waals surface area contributed by atoms with Crippen LogP contribution in [0.2, 0.25) is 0 Å². The zero-order chi connectivity index (χ0) is 17.4. The van der Waals surface area contributed by atoms with E-state index >= 15 is 0 Å². The highest BCUT2D eigenvalue weighted by Crippen LogP contribution is 2.17. The van der Waals surface area contributed by atoms with E-state index in [1.807, 2.05) is 6.08 Å². The molecule has 0 aliphatic carbocycles. The Kier molecular flexibility index (Phi) is 6.32. The van der Waals surface area contributed by atoms with Crippen molar-refractivity contribution < 1.29 is 19.1 Å². The summed E-state index contributed by atoms with van der Waals surface area (Å²) in [5.41, 5.74) is 1.01. The minimum Gasteiger partial charge on any atom is -0.494 e. The number of rotatable bonds is 8. The number of benzene rings is 2. The monoisotopic (exact) mass is 324 g/mol. The van der Waals surface area contributed by atoms with Crippen molar-refractivity contribution in [2.24, 2.45) is 0 Å². The first-order valence-corrected chi connectivity index (χ1v) is 7.77. The molecule has 0 aliphatic heterocycles. The third-order valence-electron chi connectivity index (χ3n) is 3.38. The van der Waals surface area contributed by atoms with E-state index in [0.29, 0.717) is 29.2 Å². The van der Waals surface area contributed by atoms with Crippen molar-refractivity contribution in [1.29, 1.82) is 0 Å². The van der Waals surface area contributed by atoms with Crippen molar-refractivity contribution in [2.75, 3.05) is 6.61 Å². The van der Waals surface area contributed by atoms with Gasteiger partial charge in [0.05, 0.1) is 12.2 Å². The first kappa shape index (κ1) is 17.5. The summed E-state index contributed by atoms with van der Waals surface area (Å²) in [5.74, 6) is 0.622. The van der Waals surface area contributed by atoms with Gasteiger partial charge in [0.15, 0.2) is 5.78 Å². The molecule has 0 saturated heterocycles. The number of esters is 1. The van der Waals surface area contributed by atoms with Gasteiger partial charge in [-0.15, -0.1) is 6.58 Å². The summed E-state index contributed by atoms with van der Waals surface area (Å²) in [6.07, 6.45) is 3.67. The van der Waals surface area contributed by atoms with Gasteiger partial charge in [-0.1, -0.05) is 6.08 Å². The molecule has 24 heavy (non-hydrogen) atoms. The maximum Gasteiger partial charge on any atom is 0.343 e. The Labute approximate surface area is 141 Å². The Hall–Kier alpha value is -2.88. The van der Waals surface area contributed by atoms with Crippen LogP contribution in [-0.4, -0.2) is 18.4 Å². The van der Waals surface area contributed by atoms with Crippen LogP contribution in [0.15, 0.2) is 61.2 Å². The fourth-order valence-corrected chi connectivity index (χ4v) is 2.03. The summed E-state index contributed by atoms with van der Waals surface area (Å²) >= 11 is 0. The molecule has 0 spiro atoms. The Bertz CT molecular complexity index is 699. The summed E-state index contributed by atoms with van der Waals surface area (Å²) in [7, 11) is 0. The Morgan fingerprint density at radius 1 is 0.958 bits per heavy atom. The van der Waals surface area contributed by atoms with E-state index in [1.165, 1.54) is 6.92 Å². The van der Waals surface area contributed by atoms with Gasteiger partial charge >= 0.3 is 5.97 Å². The molecule has 0 atom stereocenters. The maximum atomic E-state index is 12.1. The molecule has 0 radical (unpaired) electrons. The van der Waals surface area contributed by atoms with Gasteiger partial charge in [0.1, 0.15) is 11.5 Å². The molecule has 0 aliphatic rings. The van der Waals surface area contributed by atoms with Crippen molar-refractivity contribution in [2.45, 2.75) is 19.8 Å². The van der Waals surface area contributed by atoms with Gasteiger partial charge in [0.2, 0.25) is 0 Å². The van der Waals surface area contributed by atoms with Crippen LogP contribution in [-0.2, 0) is 0 Å². The van der Waals surface area contributed by atoms with Gasteiger partial charge in [-0.2, -0.15) is 0 Å². The van der Waals surface area contributed by atoms with E-state index in [-0.39, 0.29) is 5.78 Å². The highest BCUT2D eigenvalue weighted by molar-refractivity contribution is 5.94. The van der Waals surface area contributed by atoms with Gasteiger partial charge < -0.3 is 9.47 Å². The SMILES string of the molecule is C=CCCCOc1ccc(C(=O)Oc2ccc(C(C)=O)cc2)cc1. The lowest BCUT2D eigenvalue weighted by Crippen LogP contribution is -2.08. The molecular weight excluding hydrogens is 304 g/mol. The smallest absolute Gasteiger partial charge is 0.343 e. The van der Waals surface area contributed by atoms with E-state index in [2.05, 4.69) is 6.58 Å². The fourth-order valence-electron chi connectivity index (χ4n) is 2.03. The molecule has 0 unspecified atom stereocenters. The number of hydrogen-bond acceptors (Lipinski definition) is 4. The number of carbonyl (C=O) groups is 2. The molecule has 0 aromatic heterocycles. The van der Waals surface area contributed by atoms with Gasteiger partial charge in [-0.25, -0.2) is 4.79 Å². The van der Waals surface area contributed by atoms with Crippen LogP contribution in [0.5, 0.6) is 11.5 Å². The molecule has 0 bridgehead atoms. The molecule has 0 amide bonds. The van der Waals surface area contributed by atoms with Crippen LogP contribution in [0.4, 0.5) is 0 Å². The Morgan fingerprint density at radius 3 is 2.12 bits per heavy atom. The second kappa shape index (κ2) is 8.67. The molecule has 2 rings (SSSR count). The predicted octanol–water partition coefficient (Wildman–Crippen LogP) is 4.45. The third-order valence-corrected chi connectivity index (χ3v) is 3.38. The van der Waals surface area contributed by atoms with Crippen LogP contribution in [0.3, 0.4) is 0 Å². The molecule has 2 aromatic carbocycles. The van der Waals surface area contributed by atoms with E-state index in [0.717, 1.165) is 12.8 Å². The molecule has 0 saturated carbocycles. The van der Waals surface area contributed by atoms with E-state index in [9.17, 15) is 9.59 Å². The summed E-state index contributed by atoms with van der Waals surface area (Å²) in [5, 5.41) is 0. The molecule has 4 heteroatoms. The predicted molar refractivity (Wildman–Crippen MR) is 92.8 cm³/mol. The molecular formula is C20H20O4. The number of Topliss-reactive ketones (excluding diaryl/α,β-unsaturated/α-hetero) is 1. The van der Waals surface area contributed by atoms with E-state index in [1.54, 1.807) is 48.5 Å². The maximum absolute atomic E-state index is 12.1. The average Bonchev–Trinajstić information content (AvgIpc) is 2.59. The lowest BCUT2D eigenvalue weighted by atomic mass is 10.1. The lowest BCUT2D eigenvalue weighted by Gasteiger charge is -2.07. The summed E-state index contributed by atoms with van der Waals surface area (Å²) in [6.45, 7) is 5.76. The van der Waals surface area contributed by atoms with E-state index in [4.69, 9.17) is 9.47 Å². The van der Waals surface area contributed by atoms with Gasteiger partial charge in [-0.05, 0) is 68.3 Å².